The molecule has 1 amide bonds. The van der Waals surface area contributed by atoms with Crippen LogP contribution in [-0.2, 0) is 14.3 Å². The first-order valence-electron chi connectivity index (χ1n) is 6.60. The van der Waals surface area contributed by atoms with E-state index >= 15 is 0 Å². The van der Waals surface area contributed by atoms with Crippen LogP contribution in [0, 0.1) is 5.92 Å². The molecule has 102 valence electrons. The van der Waals surface area contributed by atoms with E-state index in [9.17, 15) is 9.59 Å². The second-order valence-corrected chi connectivity index (χ2v) is 6.13. The highest BCUT2D eigenvalue weighted by molar-refractivity contribution is 5.87. The normalized spacial score (nSPS) is 28.8. The van der Waals surface area contributed by atoms with Crippen molar-refractivity contribution in [3.63, 3.8) is 0 Å². The van der Waals surface area contributed by atoms with E-state index in [1.165, 1.54) is 0 Å². The predicted molar refractivity (Wildman–Crippen MR) is 66.9 cm³/mol. The highest BCUT2D eigenvalue weighted by atomic mass is 16.6. The van der Waals surface area contributed by atoms with Gasteiger partial charge in [-0.2, -0.15) is 0 Å². The summed E-state index contributed by atoms with van der Waals surface area (Å²) in [6.07, 6.45) is 1.28. The molecular formula is C13H22N2O3. The summed E-state index contributed by atoms with van der Waals surface area (Å²) < 4.78 is 5.35. The summed E-state index contributed by atoms with van der Waals surface area (Å²) in [5.41, 5.74) is -0.484. The summed E-state index contributed by atoms with van der Waals surface area (Å²) in [4.78, 5) is 25.7. The van der Waals surface area contributed by atoms with Gasteiger partial charge in [0.1, 0.15) is 5.60 Å². The maximum atomic E-state index is 12.0. The Kier molecular flexibility index (Phi) is 3.61. The molecule has 2 rings (SSSR count). The van der Waals surface area contributed by atoms with E-state index in [1.54, 1.807) is 0 Å². The summed E-state index contributed by atoms with van der Waals surface area (Å²) in [6, 6.07) is 0.255. The maximum absolute atomic E-state index is 12.0. The van der Waals surface area contributed by atoms with Gasteiger partial charge in [-0.1, -0.05) is 0 Å². The van der Waals surface area contributed by atoms with Crippen LogP contribution in [0.5, 0.6) is 0 Å². The van der Waals surface area contributed by atoms with Gasteiger partial charge in [0.2, 0.25) is 5.91 Å². The number of carbonyl (C=O) groups excluding carboxylic acids is 2. The van der Waals surface area contributed by atoms with Crippen LogP contribution in [0.4, 0.5) is 0 Å². The lowest BCUT2D eigenvalue weighted by atomic mass is 10.1. The van der Waals surface area contributed by atoms with Gasteiger partial charge in [0, 0.05) is 25.6 Å². The second-order valence-electron chi connectivity index (χ2n) is 6.13. The van der Waals surface area contributed by atoms with Gasteiger partial charge in [-0.3, -0.25) is 9.59 Å². The SMILES string of the molecule is CC(C)(C)OC(=O)C1CC(=O)N(C2CCNC2)C1. The molecule has 2 aliphatic rings. The molecular weight excluding hydrogens is 232 g/mol. The predicted octanol–water partition coefficient (Wildman–Crippen LogP) is 0.539. The molecule has 2 saturated heterocycles. The number of nitrogens with one attached hydrogen (secondary N) is 1. The van der Waals surface area contributed by atoms with Crippen molar-refractivity contribution in [3.05, 3.63) is 0 Å². The summed E-state index contributed by atoms with van der Waals surface area (Å²) in [5.74, 6) is -0.457. The van der Waals surface area contributed by atoms with E-state index < -0.39 is 5.60 Å². The monoisotopic (exact) mass is 254 g/mol. The Labute approximate surface area is 108 Å². The number of esters is 1. The molecule has 0 aromatic carbocycles. The molecule has 0 bridgehead atoms. The largest absolute Gasteiger partial charge is 0.460 e. The number of carbonyl (C=O) groups is 2. The minimum atomic E-state index is -0.484. The fraction of sp³-hybridized carbons (Fsp3) is 0.846. The molecule has 0 aromatic rings. The van der Waals surface area contributed by atoms with Crippen molar-refractivity contribution >= 4 is 11.9 Å². The van der Waals surface area contributed by atoms with Gasteiger partial charge < -0.3 is 15.0 Å². The number of rotatable bonds is 2. The van der Waals surface area contributed by atoms with Crippen LogP contribution in [0.15, 0.2) is 0 Å². The Morgan fingerprint density at radius 1 is 1.44 bits per heavy atom. The summed E-state index contributed by atoms with van der Waals surface area (Å²) in [7, 11) is 0. The van der Waals surface area contributed by atoms with E-state index in [0.29, 0.717) is 13.0 Å². The first kappa shape index (κ1) is 13.3. The third kappa shape index (κ3) is 3.02. The molecule has 0 aromatic heterocycles. The zero-order valence-corrected chi connectivity index (χ0v) is 11.4. The topological polar surface area (TPSA) is 58.6 Å². The molecule has 18 heavy (non-hydrogen) atoms. The van der Waals surface area contributed by atoms with E-state index in [0.717, 1.165) is 19.5 Å². The average molecular weight is 254 g/mol. The van der Waals surface area contributed by atoms with Gasteiger partial charge in [-0.25, -0.2) is 0 Å². The van der Waals surface area contributed by atoms with Crippen molar-refractivity contribution in [3.8, 4) is 0 Å². The Morgan fingerprint density at radius 3 is 2.72 bits per heavy atom. The third-order valence-electron chi connectivity index (χ3n) is 3.37. The quantitative estimate of drug-likeness (QED) is 0.731. The maximum Gasteiger partial charge on any atom is 0.311 e. The molecule has 2 atom stereocenters. The van der Waals surface area contributed by atoms with E-state index in [-0.39, 0.29) is 23.8 Å². The standard InChI is InChI=1S/C13H22N2O3/c1-13(2,3)18-12(17)9-6-11(16)15(8-9)10-4-5-14-7-10/h9-10,14H,4-8H2,1-3H3. The first-order valence-corrected chi connectivity index (χ1v) is 6.60. The number of ether oxygens (including phenoxy) is 1. The van der Waals surface area contributed by atoms with Crippen molar-refractivity contribution in [2.75, 3.05) is 19.6 Å². The molecule has 2 heterocycles. The fourth-order valence-electron chi connectivity index (χ4n) is 2.53. The number of hydrogen-bond acceptors (Lipinski definition) is 4. The second kappa shape index (κ2) is 4.88. The molecule has 0 spiro atoms. The minimum absolute atomic E-state index is 0.0829. The average Bonchev–Trinajstić information content (AvgIpc) is 2.82. The molecule has 1 N–H and O–H groups in total. The Morgan fingerprint density at radius 2 is 2.17 bits per heavy atom. The zero-order valence-electron chi connectivity index (χ0n) is 11.4. The van der Waals surface area contributed by atoms with Crippen molar-refractivity contribution < 1.29 is 14.3 Å². The van der Waals surface area contributed by atoms with Gasteiger partial charge in [0.05, 0.1) is 5.92 Å². The Bertz CT molecular complexity index is 343. The van der Waals surface area contributed by atoms with Crippen molar-refractivity contribution in [1.82, 2.24) is 10.2 Å². The van der Waals surface area contributed by atoms with Gasteiger partial charge in [0.15, 0.2) is 0 Å². The van der Waals surface area contributed by atoms with Gasteiger partial charge >= 0.3 is 5.97 Å². The van der Waals surface area contributed by atoms with Crippen LogP contribution in [0.25, 0.3) is 0 Å². The van der Waals surface area contributed by atoms with Gasteiger partial charge in [-0.05, 0) is 33.7 Å². The lowest BCUT2D eigenvalue weighted by molar-refractivity contribution is -0.159. The molecule has 0 saturated carbocycles. The molecule has 5 nitrogen and oxygen atoms in total. The van der Waals surface area contributed by atoms with Crippen LogP contribution in [0.2, 0.25) is 0 Å². The number of nitrogens with zero attached hydrogens (tertiary/aromatic N) is 1. The Balaban J connectivity index is 1.93. The zero-order chi connectivity index (χ0) is 13.3. The summed E-state index contributed by atoms with van der Waals surface area (Å²) in [6.45, 7) is 7.85. The van der Waals surface area contributed by atoms with Crippen LogP contribution in [-0.4, -0.2) is 48.1 Å². The third-order valence-corrected chi connectivity index (χ3v) is 3.37. The first-order chi connectivity index (χ1) is 8.37. The van der Waals surface area contributed by atoms with Crippen molar-refractivity contribution in [2.24, 2.45) is 5.92 Å². The number of likely N-dealkylation sites (tertiary alicyclic amines) is 1. The van der Waals surface area contributed by atoms with E-state index in [4.69, 9.17) is 4.74 Å². The molecule has 2 aliphatic heterocycles. The van der Waals surface area contributed by atoms with Gasteiger partial charge in [0.25, 0.3) is 0 Å². The minimum Gasteiger partial charge on any atom is -0.460 e. The Hall–Kier alpha value is -1.10. The van der Waals surface area contributed by atoms with Crippen molar-refractivity contribution in [1.29, 1.82) is 0 Å². The van der Waals surface area contributed by atoms with Crippen LogP contribution in [0.1, 0.15) is 33.6 Å². The summed E-state index contributed by atoms with van der Waals surface area (Å²) >= 11 is 0. The van der Waals surface area contributed by atoms with Gasteiger partial charge in [-0.15, -0.1) is 0 Å². The molecule has 0 radical (unpaired) electrons. The van der Waals surface area contributed by atoms with Crippen LogP contribution in [0.3, 0.4) is 0 Å². The highest BCUT2D eigenvalue weighted by Crippen LogP contribution is 2.25. The van der Waals surface area contributed by atoms with E-state index in [2.05, 4.69) is 5.32 Å². The fourth-order valence-corrected chi connectivity index (χ4v) is 2.53. The lowest BCUT2D eigenvalue weighted by Gasteiger charge is -2.24. The summed E-state index contributed by atoms with van der Waals surface area (Å²) in [5, 5.41) is 3.24. The molecule has 0 aliphatic carbocycles. The van der Waals surface area contributed by atoms with Crippen LogP contribution >= 0.6 is 0 Å². The molecule has 5 heteroatoms. The molecule has 2 unspecified atom stereocenters. The van der Waals surface area contributed by atoms with Crippen LogP contribution < -0.4 is 5.32 Å². The number of amides is 1. The smallest absolute Gasteiger partial charge is 0.311 e. The molecule has 2 fully saturated rings. The highest BCUT2D eigenvalue weighted by Gasteiger charge is 2.40. The lowest BCUT2D eigenvalue weighted by Crippen LogP contribution is -2.38. The number of hydrogen-bond donors (Lipinski definition) is 1. The van der Waals surface area contributed by atoms with Crippen molar-refractivity contribution in [2.45, 2.75) is 45.3 Å². The van der Waals surface area contributed by atoms with E-state index in [1.807, 2.05) is 25.7 Å².